The minimum absolute atomic E-state index is 0.136. The third-order valence-electron chi connectivity index (χ3n) is 5.02. The van der Waals surface area contributed by atoms with E-state index in [0.29, 0.717) is 12.2 Å². The van der Waals surface area contributed by atoms with Gasteiger partial charge in [0.15, 0.2) is 0 Å². The standard InChI is InChI=1S/C23H27N3O3S2/c1-16(2)29-18-7-5-17(6-8-18)23-25-19(15-31-23)22(27)24-14-20(21-4-3-13-30-21)26-9-11-28-12-10-26/h3-8,13,15-16,20H,9-12,14H2,1-2H3,(H,24,27). The summed E-state index contributed by atoms with van der Waals surface area (Å²) in [7, 11) is 0. The lowest BCUT2D eigenvalue weighted by atomic mass is 10.2. The Labute approximate surface area is 190 Å². The highest BCUT2D eigenvalue weighted by molar-refractivity contribution is 7.13. The molecule has 3 heterocycles. The fourth-order valence-electron chi connectivity index (χ4n) is 3.52. The van der Waals surface area contributed by atoms with E-state index in [0.717, 1.165) is 42.6 Å². The van der Waals surface area contributed by atoms with E-state index < -0.39 is 0 Å². The lowest BCUT2D eigenvalue weighted by molar-refractivity contribution is 0.0169. The fraction of sp³-hybridized carbons (Fsp3) is 0.391. The molecule has 1 aliphatic rings. The van der Waals surface area contributed by atoms with Gasteiger partial charge in [-0.15, -0.1) is 22.7 Å². The van der Waals surface area contributed by atoms with Gasteiger partial charge in [0.25, 0.3) is 5.91 Å². The van der Waals surface area contributed by atoms with Crippen LogP contribution < -0.4 is 10.1 Å². The maximum absolute atomic E-state index is 12.8. The molecule has 1 fully saturated rings. The first-order valence-electron chi connectivity index (χ1n) is 10.5. The van der Waals surface area contributed by atoms with Gasteiger partial charge in [-0.3, -0.25) is 9.69 Å². The van der Waals surface area contributed by atoms with Crippen LogP contribution in [0.5, 0.6) is 5.75 Å². The van der Waals surface area contributed by atoms with Crippen molar-refractivity contribution in [2.24, 2.45) is 0 Å². The number of carbonyl (C=O) groups is 1. The Balaban J connectivity index is 1.40. The smallest absolute Gasteiger partial charge is 0.270 e. The van der Waals surface area contributed by atoms with Crippen LogP contribution in [0.15, 0.2) is 47.2 Å². The van der Waals surface area contributed by atoms with E-state index in [9.17, 15) is 4.79 Å². The molecule has 1 amide bonds. The second kappa shape index (κ2) is 10.4. The Bertz CT molecular complexity index is 964. The lowest BCUT2D eigenvalue weighted by Crippen LogP contribution is -2.43. The van der Waals surface area contributed by atoms with Crippen LogP contribution in [-0.2, 0) is 4.74 Å². The summed E-state index contributed by atoms with van der Waals surface area (Å²) >= 11 is 3.19. The Hall–Kier alpha value is -2.26. The molecule has 164 valence electrons. The van der Waals surface area contributed by atoms with Gasteiger partial charge in [-0.1, -0.05) is 6.07 Å². The van der Waals surface area contributed by atoms with Crippen molar-refractivity contribution in [3.8, 4) is 16.3 Å². The number of thiophene rings is 1. The van der Waals surface area contributed by atoms with Crippen LogP contribution in [-0.4, -0.2) is 54.7 Å². The van der Waals surface area contributed by atoms with Gasteiger partial charge in [0, 0.05) is 35.5 Å². The van der Waals surface area contributed by atoms with Gasteiger partial charge in [-0.2, -0.15) is 0 Å². The molecule has 8 heteroatoms. The van der Waals surface area contributed by atoms with Crippen LogP contribution >= 0.6 is 22.7 Å². The highest BCUT2D eigenvalue weighted by atomic mass is 32.1. The Morgan fingerprint density at radius 1 is 1.19 bits per heavy atom. The Kier molecular flexibility index (Phi) is 7.34. The number of morpholine rings is 1. The van der Waals surface area contributed by atoms with E-state index in [1.807, 2.05) is 43.5 Å². The molecule has 31 heavy (non-hydrogen) atoms. The Morgan fingerprint density at radius 2 is 1.97 bits per heavy atom. The first-order chi connectivity index (χ1) is 15.1. The molecule has 1 atom stereocenters. The van der Waals surface area contributed by atoms with E-state index >= 15 is 0 Å². The number of carbonyl (C=O) groups excluding carboxylic acids is 1. The average Bonchev–Trinajstić information content (AvgIpc) is 3.47. The van der Waals surface area contributed by atoms with Gasteiger partial charge in [-0.25, -0.2) is 4.98 Å². The monoisotopic (exact) mass is 457 g/mol. The van der Waals surface area contributed by atoms with Gasteiger partial charge in [0.1, 0.15) is 16.5 Å². The summed E-state index contributed by atoms with van der Waals surface area (Å²) in [5.74, 6) is 0.688. The average molecular weight is 458 g/mol. The molecule has 0 aliphatic carbocycles. The number of aromatic nitrogens is 1. The summed E-state index contributed by atoms with van der Waals surface area (Å²) in [6.45, 7) is 7.75. The predicted octanol–water partition coefficient (Wildman–Crippen LogP) is 4.46. The molecule has 4 rings (SSSR count). The molecule has 6 nitrogen and oxygen atoms in total. The van der Waals surface area contributed by atoms with Gasteiger partial charge < -0.3 is 14.8 Å². The molecule has 0 radical (unpaired) electrons. The summed E-state index contributed by atoms with van der Waals surface area (Å²) in [6, 6.07) is 12.2. The zero-order valence-corrected chi connectivity index (χ0v) is 19.4. The summed E-state index contributed by atoms with van der Waals surface area (Å²) in [6.07, 6.45) is 0.136. The fourth-order valence-corrected chi connectivity index (χ4v) is 5.19. The second-order valence-corrected chi connectivity index (χ2v) is 9.46. The number of nitrogens with zero attached hydrogens (tertiary/aromatic N) is 2. The quantitative estimate of drug-likeness (QED) is 0.541. The van der Waals surface area contributed by atoms with E-state index in [2.05, 4.69) is 32.7 Å². The van der Waals surface area contributed by atoms with Crippen LogP contribution in [0.2, 0.25) is 0 Å². The molecule has 1 N–H and O–H groups in total. The Morgan fingerprint density at radius 3 is 2.65 bits per heavy atom. The second-order valence-electron chi connectivity index (χ2n) is 7.62. The highest BCUT2D eigenvalue weighted by Gasteiger charge is 2.24. The van der Waals surface area contributed by atoms with E-state index in [-0.39, 0.29) is 18.1 Å². The van der Waals surface area contributed by atoms with Crippen molar-refractivity contribution in [2.45, 2.75) is 26.0 Å². The molecule has 1 aromatic carbocycles. The summed E-state index contributed by atoms with van der Waals surface area (Å²) < 4.78 is 11.2. The van der Waals surface area contributed by atoms with E-state index in [1.165, 1.54) is 16.2 Å². The molecular weight excluding hydrogens is 430 g/mol. The molecule has 0 spiro atoms. The van der Waals surface area contributed by atoms with Crippen molar-refractivity contribution >= 4 is 28.6 Å². The minimum Gasteiger partial charge on any atom is -0.491 e. The number of rotatable bonds is 8. The third kappa shape index (κ3) is 5.71. The topological polar surface area (TPSA) is 63.7 Å². The molecular formula is C23H27N3O3S2. The highest BCUT2D eigenvalue weighted by Crippen LogP contribution is 2.27. The zero-order valence-electron chi connectivity index (χ0n) is 17.7. The van der Waals surface area contributed by atoms with Crippen LogP contribution in [0.3, 0.4) is 0 Å². The lowest BCUT2D eigenvalue weighted by Gasteiger charge is -2.34. The SMILES string of the molecule is CC(C)Oc1ccc(-c2nc(C(=O)NCC(c3cccs3)N3CCOCC3)cs2)cc1. The van der Waals surface area contributed by atoms with Crippen molar-refractivity contribution in [3.63, 3.8) is 0 Å². The number of nitrogens with one attached hydrogen (secondary N) is 1. The maximum atomic E-state index is 12.8. The first-order valence-corrected chi connectivity index (χ1v) is 12.2. The number of thiazole rings is 1. The van der Waals surface area contributed by atoms with Crippen LogP contribution in [0.4, 0.5) is 0 Å². The van der Waals surface area contributed by atoms with Crippen molar-refractivity contribution < 1.29 is 14.3 Å². The number of hydrogen-bond donors (Lipinski definition) is 1. The van der Waals surface area contributed by atoms with Crippen molar-refractivity contribution in [2.75, 3.05) is 32.8 Å². The van der Waals surface area contributed by atoms with Crippen LogP contribution in [0.25, 0.3) is 10.6 Å². The molecule has 2 aromatic heterocycles. The number of benzene rings is 1. The van der Waals surface area contributed by atoms with Crippen LogP contribution in [0.1, 0.15) is 35.3 Å². The number of amides is 1. The summed E-state index contributed by atoms with van der Waals surface area (Å²) in [4.78, 5) is 21.0. The molecule has 0 bridgehead atoms. The molecule has 1 saturated heterocycles. The normalized spacial score (nSPS) is 15.7. The van der Waals surface area contributed by atoms with E-state index in [4.69, 9.17) is 9.47 Å². The predicted molar refractivity (Wildman–Crippen MR) is 125 cm³/mol. The van der Waals surface area contributed by atoms with Crippen molar-refractivity contribution in [3.05, 3.63) is 57.7 Å². The van der Waals surface area contributed by atoms with Gasteiger partial charge in [-0.05, 0) is 49.6 Å². The zero-order chi connectivity index (χ0) is 21.6. The van der Waals surface area contributed by atoms with Gasteiger partial charge in [0.2, 0.25) is 0 Å². The van der Waals surface area contributed by atoms with Gasteiger partial charge in [0.05, 0.1) is 25.4 Å². The van der Waals surface area contributed by atoms with Crippen molar-refractivity contribution in [1.82, 2.24) is 15.2 Å². The number of ether oxygens (including phenoxy) is 2. The van der Waals surface area contributed by atoms with Gasteiger partial charge >= 0.3 is 0 Å². The minimum atomic E-state index is -0.142. The molecule has 3 aromatic rings. The molecule has 1 aliphatic heterocycles. The third-order valence-corrected chi connectivity index (χ3v) is 6.89. The summed E-state index contributed by atoms with van der Waals surface area (Å²) in [5, 5.41) is 7.81. The van der Waals surface area contributed by atoms with E-state index in [1.54, 1.807) is 11.3 Å². The molecule has 0 saturated carbocycles. The largest absolute Gasteiger partial charge is 0.491 e. The van der Waals surface area contributed by atoms with Crippen molar-refractivity contribution in [1.29, 1.82) is 0 Å². The first kappa shape index (κ1) is 22.0. The van der Waals surface area contributed by atoms with Crippen LogP contribution in [0, 0.1) is 0 Å². The summed E-state index contributed by atoms with van der Waals surface area (Å²) in [5.41, 5.74) is 1.43. The molecule has 1 unspecified atom stereocenters. The number of hydrogen-bond acceptors (Lipinski definition) is 7. The maximum Gasteiger partial charge on any atom is 0.270 e.